The van der Waals surface area contributed by atoms with E-state index in [0.29, 0.717) is 11.4 Å². The normalized spacial score (nSPS) is 15.1. The van der Waals surface area contributed by atoms with Gasteiger partial charge in [0.25, 0.3) is 0 Å². The molecule has 1 N–H and O–H groups in total. The molecule has 0 aromatic carbocycles. The molecule has 0 spiro atoms. The first-order chi connectivity index (χ1) is 7.56. The molecule has 0 bridgehead atoms. The van der Waals surface area contributed by atoms with Crippen molar-refractivity contribution in [1.29, 1.82) is 0 Å². The summed E-state index contributed by atoms with van der Waals surface area (Å²) in [4.78, 5) is 3.91. The van der Waals surface area contributed by atoms with Crippen molar-refractivity contribution < 1.29 is 9.84 Å². The highest BCUT2D eigenvalue weighted by Crippen LogP contribution is 2.19. The quantitative estimate of drug-likeness (QED) is 0.863. The lowest BCUT2D eigenvalue weighted by molar-refractivity contribution is -0.0367. The predicted molar refractivity (Wildman–Crippen MR) is 64.6 cm³/mol. The van der Waals surface area contributed by atoms with E-state index in [9.17, 15) is 5.11 Å². The summed E-state index contributed by atoms with van der Waals surface area (Å²) >= 11 is 5.98. The van der Waals surface area contributed by atoms with Gasteiger partial charge in [-0.15, -0.1) is 0 Å². The molecule has 4 heteroatoms. The maximum Gasteiger partial charge on any atom is 0.0856 e. The number of rotatable bonds is 5. The number of aliphatic hydroxyl groups excluding tert-OH is 1. The van der Waals surface area contributed by atoms with Crippen molar-refractivity contribution in [2.45, 2.75) is 32.5 Å². The Morgan fingerprint density at radius 2 is 2.19 bits per heavy atom. The minimum atomic E-state index is -0.551. The van der Waals surface area contributed by atoms with E-state index in [1.807, 2.05) is 19.9 Å². The number of nitrogens with zero attached hydrogens (tertiary/aromatic N) is 1. The van der Waals surface area contributed by atoms with Crippen LogP contribution in [0, 0.1) is 5.92 Å². The van der Waals surface area contributed by atoms with Gasteiger partial charge in [0.05, 0.1) is 17.2 Å². The van der Waals surface area contributed by atoms with Gasteiger partial charge in [-0.3, -0.25) is 4.98 Å². The molecule has 1 heterocycles. The number of methoxy groups -OCH3 is 1. The highest BCUT2D eigenvalue weighted by Gasteiger charge is 2.23. The molecule has 0 saturated heterocycles. The van der Waals surface area contributed by atoms with Crippen LogP contribution >= 0.6 is 11.6 Å². The molecule has 1 aromatic heterocycles. The third-order valence-electron chi connectivity index (χ3n) is 2.59. The Morgan fingerprint density at radius 1 is 1.50 bits per heavy atom. The first kappa shape index (κ1) is 13.4. The highest BCUT2D eigenvalue weighted by atomic mass is 35.5. The third-order valence-corrected chi connectivity index (χ3v) is 2.93. The number of hydrogen-bond donors (Lipinski definition) is 1. The van der Waals surface area contributed by atoms with Gasteiger partial charge in [0.15, 0.2) is 0 Å². The van der Waals surface area contributed by atoms with E-state index >= 15 is 0 Å². The zero-order valence-corrected chi connectivity index (χ0v) is 10.6. The van der Waals surface area contributed by atoms with Crippen LogP contribution in [-0.4, -0.2) is 29.4 Å². The molecule has 0 saturated carbocycles. The van der Waals surface area contributed by atoms with Crippen molar-refractivity contribution in [2.75, 3.05) is 7.11 Å². The Balaban J connectivity index is 2.70. The highest BCUT2D eigenvalue weighted by molar-refractivity contribution is 6.31. The number of aliphatic hydroxyl groups is 1. The Hall–Kier alpha value is -0.640. The molecule has 0 aliphatic carbocycles. The summed E-state index contributed by atoms with van der Waals surface area (Å²) in [6.07, 6.45) is 3.01. The monoisotopic (exact) mass is 243 g/mol. The summed E-state index contributed by atoms with van der Waals surface area (Å²) in [6.45, 7) is 4.04. The molecule has 90 valence electrons. The van der Waals surface area contributed by atoms with Crippen LogP contribution < -0.4 is 0 Å². The Kier molecular flexibility index (Phi) is 5.19. The summed E-state index contributed by atoms with van der Waals surface area (Å²) in [5.41, 5.74) is 0.895. The van der Waals surface area contributed by atoms with E-state index in [-0.39, 0.29) is 12.0 Å². The summed E-state index contributed by atoms with van der Waals surface area (Å²) in [5, 5.41) is 10.6. The minimum Gasteiger partial charge on any atom is -0.390 e. The van der Waals surface area contributed by atoms with Crippen molar-refractivity contribution in [3.63, 3.8) is 0 Å². The summed E-state index contributed by atoms with van der Waals surface area (Å²) < 4.78 is 5.28. The van der Waals surface area contributed by atoms with Gasteiger partial charge in [-0.2, -0.15) is 0 Å². The van der Waals surface area contributed by atoms with Gasteiger partial charge in [0.2, 0.25) is 0 Å². The van der Waals surface area contributed by atoms with Crippen LogP contribution in [0.3, 0.4) is 0 Å². The molecule has 0 fully saturated rings. The van der Waals surface area contributed by atoms with Crippen LogP contribution in [-0.2, 0) is 11.2 Å². The average Bonchev–Trinajstić information content (AvgIpc) is 2.22. The molecular formula is C12H18ClNO2. The van der Waals surface area contributed by atoms with E-state index in [1.54, 1.807) is 19.5 Å². The zero-order chi connectivity index (χ0) is 12.1. The topological polar surface area (TPSA) is 42.4 Å². The van der Waals surface area contributed by atoms with Crippen LogP contribution in [0.2, 0.25) is 5.02 Å². The third kappa shape index (κ3) is 3.44. The fourth-order valence-corrected chi connectivity index (χ4v) is 1.98. The standard InChI is InChI=1S/C12H18ClNO2/c1-8(2)12(16-3)11(15)6-9-4-5-14-7-10(9)13/h4-5,7-8,11-12,15H,6H2,1-3H3. The molecule has 2 unspecified atom stereocenters. The SMILES string of the molecule is COC(C(C)C)C(O)Cc1ccncc1Cl. The minimum absolute atomic E-state index is 0.177. The number of pyridine rings is 1. The van der Waals surface area contributed by atoms with Crippen LogP contribution in [0.5, 0.6) is 0 Å². The van der Waals surface area contributed by atoms with E-state index in [0.717, 1.165) is 5.56 Å². The Labute approximate surface area is 101 Å². The number of hydrogen-bond acceptors (Lipinski definition) is 3. The van der Waals surface area contributed by atoms with Crippen molar-refractivity contribution in [3.05, 3.63) is 29.0 Å². The second-order valence-electron chi connectivity index (χ2n) is 4.18. The van der Waals surface area contributed by atoms with Gasteiger partial charge in [-0.05, 0) is 17.5 Å². The van der Waals surface area contributed by atoms with Crippen LogP contribution in [0.4, 0.5) is 0 Å². The molecule has 0 aliphatic heterocycles. The van der Waals surface area contributed by atoms with Gasteiger partial charge in [0.1, 0.15) is 0 Å². The molecule has 16 heavy (non-hydrogen) atoms. The predicted octanol–water partition coefficient (Wildman–Crippen LogP) is 2.31. The number of ether oxygens (including phenoxy) is 1. The molecule has 0 amide bonds. The smallest absolute Gasteiger partial charge is 0.0856 e. The summed E-state index contributed by atoms with van der Waals surface area (Å²) in [6, 6.07) is 1.82. The molecular weight excluding hydrogens is 226 g/mol. The lowest BCUT2D eigenvalue weighted by Gasteiger charge is -2.25. The van der Waals surface area contributed by atoms with Crippen LogP contribution in [0.15, 0.2) is 18.5 Å². The average molecular weight is 244 g/mol. The van der Waals surface area contributed by atoms with E-state index in [1.165, 1.54) is 0 Å². The number of aromatic nitrogens is 1. The lowest BCUT2D eigenvalue weighted by Crippen LogP contribution is -2.34. The summed E-state index contributed by atoms with van der Waals surface area (Å²) in [5.74, 6) is 0.264. The molecule has 0 radical (unpaired) electrons. The van der Waals surface area contributed by atoms with Gasteiger partial charge >= 0.3 is 0 Å². The van der Waals surface area contributed by atoms with Crippen molar-refractivity contribution in [3.8, 4) is 0 Å². The maximum atomic E-state index is 10.1. The lowest BCUT2D eigenvalue weighted by atomic mass is 9.97. The second kappa shape index (κ2) is 6.18. The fraction of sp³-hybridized carbons (Fsp3) is 0.583. The number of halogens is 1. The van der Waals surface area contributed by atoms with Gasteiger partial charge in [0, 0.05) is 25.9 Å². The molecule has 0 aliphatic rings. The van der Waals surface area contributed by atoms with Gasteiger partial charge in [-0.1, -0.05) is 25.4 Å². The first-order valence-corrected chi connectivity index (χ1v) is 5.73. The van der Waals surface area contributed by atoms with Gasteiger partial charge < -0.3 is 9.84 Å². The molecule has 2 atom stereocenters. The summed E-state index contributed by atoms with van der Waals surface area (Å²) in [7, 11) is 1.61. The molecule has 1 rings (SSSR count). The Bertz CT molecular complexity index is 331. The van der Waals surface area contributed by atoms with Crippen molar-refractivity contribution in [1.82, 2.24) is 4.98 Å². The fourth-order valence-electron chi connectivity index (χ4n) is 1.78. The zero-order valence-electron chi connectivity index (χ0n) is 9.85. The largest absolute Gasteiger partial charge is 0.390 e. The molecule has 3 nitrogen and oxygen atoms in total. The molecule has 1 aromatic rings. The van der Waals surface area contributed by atoms with E-state index in [2.05, 4.69) is 4.98 Å². The van der Waals surface area contributed by atoms with Crippen LogP contribution in [0.25, 0.3) is 0 Å². The van der Waals surface area contributed by atoms with Crippen molar-refractivity contribution >= 4 is 11.6 Å². The second-order valence-corrected chi connectivity index (χ2v) is 4.59. The first-order valence-electron chi connectivity index (χ1n) is 5.35. The van der Waals surface area contributed by atoms with Crippen LogP contribution in [0.1, 0.15) is 19.4 Å². The van der Waals surface area contributed by atoms with E-state index < -0.39 is 6.10 Å². The van der Waals surface area contributed by atoms with Crippen molar-refractivity contribution in [2.24, 2.45) is 5.92 Å². The Morgan fingerprint density at radius 3 is 2.69 bits per heavy atom. The van der Waals surface area contributed by atoms with E-state index in [4.69, 9.17) is 16.3 Å². The maximum absolute atomic E-state index is 10.1. The van der Waals surface area contributed by atoms with Gasteiger partial charge in [-0.25, -0.2) is 0 Å².